The van der Waals surface area contributed by atoms with Crippen molar-refractivity contribution in [1.82, 2.24) is 10.2 Å². The van der Waals surface area contributed by atoms with Gasteiger partial charge in [-0.2, -0.15) is 0 Å². The fourth-order valence-electron chi connectivity index (χ4n) is 2.22. The molecule has 0 saturated carbocycles. The molecule has 2 nitrogen and oxygen atoms in total. The van der Waals surface area contributed by atoms with Crippen LogP contribution in [0.2, 0.25) is 0 Å². The van der Waals surface area contributed by atoms with Gasteiger partial charge in [0.05, 0.1) is 0 Å². The maximum atomic E-state index is 3.48. The second-order valence-corrected chi connectivity index (χ2v) is 6.76. The average Bonchev–Trinajstić information content (AvgIpc) is 2.71. The minimum Gasteiger partial charge on any atom is -0.312 e. The lowest BCUT2D eigenvalue weighted by Crippen LogP contribution is -2.19. The smallest absolute Gasteiger partial charge is 0.0299 e. The van der Waals surface area contributed by atoms with Gasteiger partial charge in [-0.3, -0.25) is 0 Å². The normalized spacial score (nSPS) is 11.4. The maximum absolute atomic E-state index is 3.48. The first-order valence-corrected chi connectivity index (χ1v) is 8.46. The largest absolute Gasteiger partial charge is 0.312 e. The summed E-state index contributed by atoms with van der Waals surface area (Å²) in [6.07, 6.45) is 5.18. The lowest BCUT2D eigenvalue weighted by Gasteiger charge is -2.16. The summed E-state index contributed by atoms with van der Waals surface area (Å²) in [6, 6.07) is 2.39. The summed E-state index contributed by atoms with van der Waals surface area (Å²) in [5.41, 5.74) is 1.51. The summed E-state index contributed by atoms with van der Waals surface area (Å²) in [7, 11) is 2.24. The zero-order chi connectivity index (χ0) is 14.1. The Bertz CT molecular complexity index is 347. The topological polar surface area (TPSA) is 15.3 Å². The van der Waals surface area contributed by atoms with Crippen molar-refractivity contribution in [2.24, 2.45) is 0 Å². The summed E-state index contributed by atoms with van der Waals surface area (Å²) in [5, 5.41) is 3.48. The molecule has 0 aromatic carbocycles. The van der Waals surface area contributed by atoms with Gasteiger partial charge in [0.25, 0.3) is 0 Å². The second-order valence-electron chi connectivity index (χ2n) is 5.42. The molecule has 0 aliphatic carbocycles. The van der Waals surface area contributed by atoms with Crippen LogP contribution in [0.15, 0.2) is 6.07 Å². The van der Waals surface area contributed by atoms with Crippen LogP contribution >= 0.6 is 11.3 Å². The Balaban J connectivity index is 2.40. The molecular weight excluding hydrogens is 252 g/mol. The zero-order valence-corrected chi connectivity index (χ0v) is 13.9. The Hall–Kier alpha value is -0.380. The Morgan fingerprint density at radius 1 is 1.21 bits per heavy atom. The molecule has 1 heterocycles. The van der Waals surface area contributed by atoms with Gasteiger partial charge in [-0.15, -0.1) is 11.3 Å². The SMILES string of the molecule is CCCCCN(C)Cc1cc(CNCCC)sc1C. The van der Waals surface area contributed by atoms with Crippen LogP contribution in [0.5, 0.6) is 0 Å². The Labute approximate surface area is 123 Å². The van der Waals surface area contributed by atoms with Crippen molar-refractivity contribution in [2.75, 3.05) is 20.1 Å². The van der Waals surface area contributed by atoms with E-state index in [4.69, 9.17) is 0 Å². The van der Waals surface area contributed by atoms with E-state index in [-0.39, 0.29) is 0 Å². The van der Waals surface area contributed by atoms with Crippen molar-refractivity contribution < 1.29 is 0 Å². The van der Waals surface area contributed by atoms with Crippen LogP contribution in [0, 0.1) is 6.92 Å². The third-order valence-corrected chi connectivity index (χ3v) is 4.47. The molecule has 0 bridgehead atoms. The molecule has 0 radical (unpaired) electrons. The minimum absolute atomic E-state index is 1.03. The predicted molar refractivity (Wildman–Crippen MR) is 86.9 cm³/mol. The molecule has 110 valence electrons. The fraction of sp³-hybridized carbons (Fsp3) is 0.750. The van der Waals surface area contributed by atoms with Gasteiger partial charge in [0.2, 0.25) is 0 Å². The molecule has 0 unspecified atom stereocenters. The molecule has 0 aliphatic rings. The van der Waals surface area contributed by atoms with Gasteiger partial charge in [0, 0.05) is 22.8 Å². The van der Waals surface area contributed by atoms with Crippen LogP contribution in [0.3, 0.4) is 0 Å². The summed E-state index contributed by atoms with van der Waals surface area (Å²) in [6.45, 7) is 11.2. The Morgan fingerprint density at radius 3 is 2.68 bits per heavy atom. The van der Waals surface area contributed by atoms with Crippen molar-refractivity contribution in [2.45, 2.75) is 59.5 Å². The molecule has 0 spiro atoms. The van der Waals surface area contributed by atoms with Crippen LogP contribution in [0.25, 0.3) is 0 Å². The molecule has 3 heteroatoms. The van der Waals surface area contributed by atoms with E-state index in [0.717, 1.165) is 19.6 Å². The van der Waals surface area contributed by atoms with Gasteiger partial charge in [-0.1, -0.05) is 26.7 Å². The summed E-state index contributed by atoms with van der Waals surface area (Å²) in [5.74, 6) is 0. The molecule has 0 saturated heterocycles. The minimum atomic E-state index is 1.03. The van der Waals surface area contributed by atoms with Crippen LogP contribution in [-0.2, 0) is 13.1 Å². The van der Waals surface area contributed by atoms with Gasteiger partial charge >= 0.3 is 0 Å². The van der Waals surface area contributed by atoms with E-state index < -0.39 is 0 Å². The van der Waals surface area contributed by atoms with Gasteiger partial charge in [0.15, 0.2) is 0 Å². The summed E-state index contributed by atoms with van der Waals surface area (Å²) >= 11 is 1.95. The average molecular weight is 282 g/mol. The molecule has 0 amide bonds. The fourth-order valence-corrected chi connectivity index (χ4v) is 3.24. The number of nitrogens with one attached hydrogen (secondary N) is 1. The highest BCUT2D eigenvalue weighted by Gasteiger charge is 2.07. The standard InChI is InChI=1S/C16H30N2S/c1-5-7-8-10-18(4)13-15-11-16(19-14(15)3)12-17-9-6-2/h11,17H,5-10,12-13H2,1-4H3. The molecule has 1 aromatic rings. The monoisotopic (exact) mass is 282 g/mol. The number of nitrogens with zero attached hydrogens (tertiary/aromatic N) is 1. The van der Waals surface area contributed by atoms with Crippen LogP contribution in [0.1, 0.15) is 54.8 Å². The van der Waals surface area contributed by atoms with E-state index in [1.807, 2.05) is 11.3 Å². The van der Waals surface area contributed by atoms with Gasteiger partial charge in [-0.05, 0) is 51.5 Å². The molecule has 1 N–H and O–H groups in total. The highest BCUT2D eigenvalue weighted by molar-refractivity contribution is 7.12. The lowest BCUT2D eigenvalue weighted by atomic mass is 10.2. The third kappa shape index (κ3) is 6.55. The number of unbranched alkanes of at least 4 members (excludes halogenated alkanes) is 2. The number of thiophene rings is 1. The molecule has 0 atom stereocenters. The first-order valence-electron chi connectivity index (χ1n) is 7.64. The van der Waals surface area contributed by atoms with Gasteiger partial charge < -0.3 is 10.2 Å². The van der Waals surface area contributed by atoms with E-state index in [2.05, 4.69) is 44.1 Å². The van der Waals surface area contributed by atoms with Gasteiger partial charge in [-0.25, -0.2) is 0 Å². The zero-order valence-electron chi connectivity index (χ0n) is 13.1. The second kappa shape index (κ2) is 9.51. The van der Waals surface area contributed by atoms with E-state index in [9.17, 15) is 0 Å². The van der Waals surface area contributed by atoms with Crippen molar-refractivity contribution in [3.05, 3.63) is 21.4 Å². The number of aryl methyl sites for hydroxylation is 1. The van der Waals surface area contributed by atoms with Crippen molar-refractivity contribution in [1.29, 1.82) is 0 Å². The first kappa shape index (κ1) is 16.7. The van der Waals surface area contributed by atoms with E-state index >= 15 is 0 Å². The molecule has 0 fully saturated rings. The first-order chi connectivity index (χ1) is 9.17. The third-order valence-electron chi connectivity index (χ3n) is 3.38. The molecule has 0 aliphatic heterocycles. The van der Waals surface area contributed by atoms with E-state index in [0.29, 0.717) is 0 Å². The summed E-state index contributed by atoms with van der Waals surface area (Å²) in [4.78, 5) is 5.41. The molecule has 1 aromatic heterocycles. The van der Waals surface area contributed by atoms with Crippen LogP contribution < -0.4 is 5.32 Å². The Morgan fingerprint density at radius 2 is 2.00 bits per heavy atom. The number of hydrogen-bond acceptors (Lipinski definition) is 3. The quantitative estimate of drug-likeness (QED) is 0.648. The molecular formula is C16H30N2S. The lowest BCUT2D eigenvalue weighted by molar-refractivity contribution is 0.318. The van der Waals surface area contributed by atoms with Crippen molar-refractivity contribution in [3.63, 3.8) is 0 Å². The number of hydrogen-bond donors (Lipinski definition) is 1. The van der Waals surface area contributed by atoms with E-state index in [1.165, 1.54) is 47.5 Å². The van der Waals surface area contributed by atoms with Gasteiger partial charge in [0.1, 0.15) is 0 Å². The highest BCUT2D eigenvalue weighted by Crippen LogP contribution is 2.22. The van der Waals surface area contributed by atoms with Crippen LogP contribution in [0.4, 0.5) is 0 Å². The van der Waals surface area contributed by atoms with Crippen molar-refractivity contribution >= 4 is 11.3 Å². The molecule has 1 rings (SSSR count). The highest BCUT2D eigenvalue weighted by atomic mass is 32.1. The molecule has 19 heavy (non-hydrogen) atoms. The predicted octanol–water partition coefficient (Wildman–Crippen LogP) is 4.18. The van der Waals surface area contributed by atoms with E-state index in [1.54, 1.807) is 0 Å². The van der Waals surface area contributed by atoms with Crippen LogP contribution in [-0.4, -0.2) is 25.0 Å². The summed E-state index contributed by atoms with van der Waals surface area (Å²) < 4.78 is 0. The maximum Gasteiger partial charge on any atom is 0.0299 e. The van der Waals surface area contributed by atoms with Crippen molar-refractivity contribution in [3.8, 4) is 0 Å². The Kier molecular flexibility index (Phi) is 8.35. The number of rotatable bonds is 10.